The largest absolute Gasteiger partial charge is 0.456 e. The molecule has 3 nitrogen and oxygen atoms in total. The summed E-state index contributed by atoms with van der Waals surface area (Å²) in [6.45, 7) is 23.2. The number of hydrogen-bond donors (Lipinski definition) is 1. The Hall–Kier alpha value is -6.78. The number of fused-ring (bicyclic) bond motifs is 14. The minimum absolute atomic E-state index is 0.00842. The SMILES string of the molecule is CC(C)(C)c1ccc(Nc2cc3c(cc2-c2ccc4c5cc6c(cc5n5c4c2Bc2cc4c(cc2-5)-c2ccccc2C4(C)C)-c2ccccc2C6(C)C)oc2cc(C(C)(C)C)ccc23)cc1. The highest BCUT2D eigenvalue weighted by atomic mass is 16.3. The number of benzene rings is 8. The molecule has 8 aromatic carbocycles. The lowest BCUT2D eigenvalue weighted by molar-refractivity contribution is 0.587. The molecule has 0 unspecified atom stereocenters. The van der Waals surface area contributed by atoms with Gasteiger partial charge >= 0.3 is 0 Å². The van der Waals surface area contributed by atoms with Crippen molar-refractivity contribution in [1.82, 2.24) is 4.57 Å². The lowest BCUT2D eigenvalue weighted by Gasteiger charge is -2.27. The fourth-order valence-corrected chi connectivity index (χ4v) is 12.2. The Morgan fingerprint density at radius 2 is 1.09 bits per heavy atom. The number of nitrogens with zero attached hydrogens (tertiary/aromatic N) is 1. The van der Waals surface area contributed by atoms with Gasteiger partial charge in [-0.05, 0) is 126 Å². The van der Waals surface area contributed by atoms with Crippen LogP contribution >= 0.6 is 0 Å². The first-order chi connectivity index (χ1) is 31.5. The van der Waals surface area contributed by atoms with Crippen LogP contribution in [0, 0.1) is 0 Å². The fourth-order valence-electron chi connectivity index (χ4n) is 12.2. The molecule has 322 valence electrons. The Labute approximate surface area is 388 Å². The number of nitrogens with one attached hydrogen (secondary N) is 1. The highest BCUT2D eigenvalue weighted by Gasteiger charge is 2.40. The standard InChI is InChI=1S/C62H55BN2O/c1-59(2,3)34-19-22-36(23-20-34)64-52-29-46-39-24-21-35(60(4,5)6)27-55(39)66-56(46)32-44(52)40-25-26-41-45-28-49-42(37-15-11-13-17-47(37)61(49,7)8)30-53(45)65-54-31-43-38-16-12-14-18-48(38)62(9,10)50(43)33-51(54)63-57(40)58(41)65/h11-33,63-64H,1-10H3. The summed E-state index contributed by atoms with van der Waals surface area (Å²) in [6.07, 6.45) is 0. The third kappa shape index (κ3) is 5.39. The van der Waals surface area contributed by atoms with Crippen molar-refractivity contribution in [3.8, 4) is 39.1 Å². The van der Waals surface area contributed by atoms with Gasteiger partial charge in [0.1, 0.15) is 11.2 Å². The van der Waals surface area contributed by atoms with E-state index in [9.17, 15) is 0 Å². The molecule has 0 atom stereocenters. The summed E-state index contributed by atoms with van der Waals surface area (Å²) in [6, 6.07) is 53.4. The van der Waals surface area contributed by atoms with Gasteiger partial charge in [0.05, 0.1) is 5.52 Å². The minimum atomic E-state index is -0.107. The third-order valence-corrected chi connectivity index (χ3v) is 15.9. The maximum absolute atomic E-state index is 6.88. The highest BCUT2D eigenvalue weighted by Crippen LogP contribution is 2.53. The van der Waals surface area contributed by atoms with Crippen molar-refractivity contribution in [2.75, 3.05) is 5.32 Å². The van der Waals surface area contributed by atoms with Crippen LogP contribution in [0.2, 0.25) is 0 Å². The van der Waals surface area contributed by atoms with Crippen molar-refractivity contribution in [3.05, 3.63) is 173 Å². The van der Waals surface area contributed by atoms with Crippen LogP contribution in [0.4, 0.5) is 11.4 Å². The second-order valence-corrected chi connectivity index (χ2v) is 22.7. The Kier molecular flexibility index (Phi) is 7.78. The molecule has 66 heavy (non-hydrogen) atoms. The Morgan fingerprint density at radius 3 is 1.77 bits per heavy atom. The van der Waals surface area contributed by atoms with Crippen LogP contribution in [-0.2, 0) is 21.7 Å². The summed E-state index contributed by atoms with van der Waals surface area (Å²) in [5.74, 6) is 0. The number of anilines is 2. The topological polar surface area (TPSA) is 30.1 Å². The van der Waals surface area contributed by atoms with E-state index < -0.39 is 0 Å². The molecule has 0 radical (unpaired) electrons. The molecule has 0 amide bonds. The zero-order valence-electron chi connectivity index (χ0n) is 39.8. The van der Waals surface area contributed by atoms with Gasteiger partial charge in [-0.15, -0.1) is 0 Å². The zero-order valence-corrected chi connectivity index (χ0v) is 39.8. The van der Waals surface area contributed by atoms with Crippen LogP contribution in [0.3, 0.4) is 0 Å². The molecule has 0 saturated heterocycles. The molecule has 4 heteroatoms. The van der Waals surface area contributed by atoms with E-state index in [1.54, 1.807) is 0 Å². The monoisotopic (exact) mass is 854 g/mol. The summed E-state index contributed by atoms with van der Waals surface area (Å²) in [7, 11) is 0.818. The normalized spacial score (nSPS) is 15.2. The molecule has 0 fully saturated rings. The number of rotatable bonds is 3. The average molecular weight is 855 g/mol. The van der Waals surface area contributed by atoms with E-state index in [1.807, 2.05) is 0 Å². The molecule has 0 saturated carbocycles. The highest BCUT2D eigenvalue weighted by molar-refractivity contribution is 6.73. The maximum Gasteiger partial charge on any atom is 0.198 e. The van der Waals surface area contributed by atoms with Crippen molar-refractivity contribution in [3.63, 3.8) is 0 Å². The molecule has 1 aliphatic heterocycles. The van der Waals surface area contributed by atoms with Crippen molar-refractivity contribution in [1.29, 1.82) is 0 Å². The van der Waals surface area contributed by atoms with Crippen LogP contribution in [0.25, 0.3) is 82.8 Å². The molecule has 3 heterocycles. The predicted octanol–water partition coefficient (Wildman–Crippen LogP) is 15.0. The summed E-state index contributed by atoms with van der Waals surface area (Å²) < 4.78 is 9.51. The van der Waals surface area contributed by atoms with Gasteiger partial charge in [0.15, 0.2) is 7.28 Å². The van der Waals surface area contributed by atoms with Gasteiger partial charge in [-0.25, -0.2) is 0 Å². The Bertz CT molecular complexity index is 3770. The van der Waals surface area contributed by atoms with Crippen molar-refractivity contribution < 1.29 is 4.42 Å². The van der Waals surface area contributed by atoms with Gasteiger partial charge < -0.3 is 14.3 Å². The maximum atomic E-state index is 6.88. The van der Waals surface area contributed by atoms with Gasteiger partial charge in [-0.2, -0.15) is 0 Å². The molecule has 10 aromatic rings. The number of furan rings is 1. The first-order valence-electron chi connectivity index (χ1n) is 23.9. The van der Waals surface area contributed by atoms with E-state index in [-0.39, 0.29) is 21.7 Å². The van der Waals surface area contributed by atoms with Crippen molar-refractivity contribution in [2.45, 2.75) is 90.9 Å². The van der Waals surface area contributed by atoms with E-state index in [0.717, 1.165) is 46.2 Å². The third-order valence-electron chi connectivity index (χ3n) is 15.9. The van der Waals surface area contributed by atoms with E-state index >= 15 is 0 Å². The van der Waals surface area contributed by atoms with Crippen LogP contribution in [0.15, 0.2) is 144 Å². The van der Waals surface area contributed by atoms with Crippen LogP contribution in [0.1, 0.15) is 103 Å². The predicted molar refractivity (Wildman–Crippen MR) is 282 cm³/mol. The Balaban J connectivity index is 1.10. The van der Waals surface area contributed by atoms with Gasteiger partial charge in [-0.3, -0.25) is 0 Å². The Morgan fingerprint density at radius 1 is 0.485 bits per heavy atom. The number of aromatic nitrogens is 1. The van der Waals surface area contributed by atoms with Crippen LogP contribution in [0.5, 0.6) is 0 Å². The van der Waals surface area contributed by atoms with E-state index in [0.29, 0.717) is 0 Å². The van der Waals surface area contributed by atoms with Crippen LogP contribution < -0.4 is 16.2 Å². The van der Waals surface area contributed by atoms with Crippen LogP contribution in [-0.4, -0.2) is 11.8 Å². The van der Waals surface area contributed by atoms with Gasteiger partial charge in [-0.1, -0.05) is 166 Å². The molecule has 0 bridgehead atoms. The molecule has 3 aliphatic rings. The quantitative estimate of drug-likeness (QED) is 0.179. The summed E-state index contributed by atoms with van der Waals surface area (Å²) in [5, 5.41) is 8.83. The summed E-state index contributed by atoms with van der Waals surface area (Å²) in [4.78, 5) is 0. The molecule has 2 aliphatic carbocycles. The first-order valence-corrected chi connectivity index (χ1v) is 23.9. The summed E-state index contributed by atoms with van der Waals surface area (Å²) >= 11 is 0. The van der Waals surface area contributed by atoms with Crippen molar-refractivity contribution in [2.24, 2.45) is 0 Å². The smallest absolute Gasteiger partial charge is 0.198 e. The van der Waals surface area contributed by atoms with Gasteiger partial charge in [0.25, 0.3) is 0 Å². The lowest BCUT2D eigenvalue weighted by atomic mass is 9.58. The molecular weight excluding hydrogens is 800 g/mol. The van der Waals surface area contributed by atoms with E-state index in [2.05, 4.69) is 219 Å². The summed E-state index contributed by atoms with van der Waals surface area (Å²) in [5.41, 5.74) is 26.3. The molecule has 13 rings (SSSR count). The molecule has 2 aromatic heterocycles. The second-order valence-electron chi connectivity index (χ2n) is 22.7. The van der Waals surface area contributed by atoms with Gasteiger partial charge in [0, 0.05) is 60.5 Å². The van der Waals surface area contributed by atoms with Crippen molar-refractivity contribution >= 4 is 73.3 Å². The van der Waals surface area contributed by atoms with E-state index in [4.69, 9.17) is 4.42 Å². The minimum Gasteiger partial charge on any atom is -0.456 e. The van der Waals surface area contributed by atoms with E-state index in [1.165, 1.54) is 99.6 Å². The second kappa shape index (κ2) is 13.0. The number of hydrogen-bond acceptors (Lipinski definition) is 2. The molecule has 0 spiro atoms. The molecule has 1 N–H and O–H groups in total. The van der Waals surface area contributed by atoms with Gasteiger partial charge in [0.2, 0.25) is 0 Å². The first kappa shape index (κ1) is 39.6. The zero-order chi connectivity index (χ0) is 45.4. The lowest BCUT2D eigenvalue weighted by Crippen LogP contribution is -2.38. The fraction of sp³-hybridized carbons (Fsp3) is 0.226. The molecular formula is C62H55BN2O. The average Bonchev–Trinajstić information content (AvgIpc) is 3.95.